The molecule has 0 fully saturated rings. The van der Waals surface area contributed by atoms with Crippen molar-refractivity contribution in [3.63, 3.8) is 0 Å². The van der Waals surface area contributed by atoms with Crippen LogP contribution in [0.4, 0.5) is 0 Å². The van der Waals surface area contributed by atoms with E-state index in [0.717, 1.165) is 16.7 Å². The maximum atomic E-state index is 12.0. The van der Waals surface area contributed by atoms with E-state index in [1.165, 1.54) is 0 Å². The minimum atomic E-state index is -0.724. The van der Waals surface area contributed by atoms with Gasteiger partial charge in [-0.15, -0.1) is 12.4 Å². The van der Waals surface area contributed by atoms with Crippen LogP contribution in [0.3, 0.4) is 0 Å². The third-order valence-electron chi connectivity index (χ3n) is 3.70. The number of carbonyl (C=O) groups is 2. The van der Waals surface area contributed by atoms with Crippen molar-refractivity contribution in [3.8, 4) is 0 Å². The van der Waals surface area contributed by atoms with Gasteiger partial charge in [0.1, 0.15) is 6.04 Å². The van der Waals surface area contributed by atoms with Crippen LogP contribution in [0, 0.1) is 6.92 Å². The Kier molecular flexibility index (Phi) is 8.67. The number of hydrogen-bond donors (Lipinski definition) is 3. The Morgan fingerprint density at radius 1 is 1.00 bits per heavy atom. The van der Waals surface area contributed by atoms with E-state index in [4.69, 9.17) is 5.73 Å². The van der Waals surface area contributed by atoms with Gasteiger partial charge < -0.3 is 16.4 Å². The molecule has 0 heterocycles. The van der Waals surface area contributed by atoms with Crippen LogP contribution in [0.25, 0.3) is 0 Å². The summed E-state index contributed by atoms with van der Waals surface area (Å²) in [6.45, 7) is 2.72. The molecule has 0 aliphatic carbocycles. The molecule has 0 aliphatic heterocycles. The monoisotopic (exact) mass is 361 g/mol. The summed E-state index contributed by atoms with van der Waals surface area (Å²) < 4.78 is 0. The molecule has 2 amide bonds. The predicted molar refractivity (Wildman–Crippen MR) is 101 cm³/mol. The summed E-state index contributed by atoms with van der Waals surface area (Å²) in [5, 5.41) is 5.52. The predicted octanol–water partition coefficient (Wildman–Crippen LogP) is 2.24. The molecule has 0 aromatic heterocycles. The van der Waals surface area contributed by atoms with Crippen molar-refractivity contribution in [2.75, 3.05) is 6.54 Å². The van der Waals surface area contributed by atoms with Crippen molar-refractivity contribution >= 4 is 24.2 Å². The highest BCUT2D eigenvalue weighted by atomic mass is 35.5. The van der Waals surface area contributed by atoms with Gasteiger partial charge in [-0.25, -0.2) is 0 Å². The van der Waals surface area contributed by atoms with Gasteiger partial charge in [0, 0.05) is 19.5 Å². The molecule has 2 aromatic carbocycles. The largest absolute Gasteiger partial charge is 0.354 e. The Hall–Kier alpha value is -2.37. The van der Waals surface area contributed by atoms with Crippen molar-refractivity contribution in [1.82, 2.24) is 10.6 Å². The molecule has 0 radical (unpaired) electrons. The van der Waals surface area contributed by atoms with Crippen LogP contribution < -0.4 is 16.4 Å². The SMILES string of the molecule is Cc1ccc(C(N)C(=O)NCCC(=O)NCc2ccccc2)cc1.Cl. The van der Waals surface area contributed by atoms with Gasteiger partial charge >= 0.3 is 0 Å². The molecule has 2 aromatic rings. The molecule has 5 nitrogen and oxygen atoms in total. The van der Waals surface area contributed by atoms with Crippen molar-refractivity contribution in [1.29, 1.82) is 0 Å². The van der Waals surface area contributed by atoms with Gasteiger partial charge in [-0.2, -0.15) is 0 Å². The fraction of sp³-hybridized carbons (Fsp3) is 0.263. The highest BCUT2D eigenvalue weighted by molar-refractivity contribution is 5.85. The van der Waals surface area contributed by atoms with Gasteiger partial charge in [-0.1, -0.05) is 60.2 Å². The standard InChI is InChI=1S/C19H23N3O2.ClH/c1-14-7-9-16(10-8-14)18(20)19(24)21-12-11-17(23)22-13-15-5-3-2-4-6-15;/h2-10,18H,11-13,20H2,1H3,(H,21,24)(H,22,23);1H. The van der Waals surface area contributed by atoms with E-state index in [1.807, 2.05) is 61.5 Å². The second-order valence-electron chi connectivity index (χ2n) is 5.69. The molecule has 1 unspecified atom stereocenters. The summed E-state index contributed by atoms with van der Waals surface area (Å²) in [6.07, 6.45) is 0.221. The van der Waals surface area contributed by atoms with Crippen molar-refractivity contribution in [3.05, 3.63) is 71.3 Å². The highest BCUT2D eigenvalue weighted by Crippen LogP contribution is 2.11. The normalized spacial score (nSPS) is 11.1. The number of benzene rings is 2. The maximum absolute atomic E-state index is 12.0. The third-order valence-corrected chi connectivity index (χ3v) is 3.70. The Morgan fingerprint density at radius 2 is 1.64 bits per heavy atom. The van der Waals surface area contributed by atoms with Gasteiger partial charge in [-0.05, 0) is 18.1 Å². The Labute approximate surface area is 154 Å². The van der Waals surface area contributed by atoms with Gasteiger partial charge in [-0.3, -0.25) is 9.59 Å². The fourth-order valence-corrected chi connectivity index (χ4v) is 2.22. The van der Waals surface area contributed by atoms with Crippen LogP contribution in [0.2, 0.25) is 0 Å². The molecule has 2 rings (SSSR count). The van der Waals surface area contributed by atoms with Gasteiger partial charge in [0.2, 0.25) is 11.8 Å². The lowest BCUT2D eigenvalue weighted by Crippen LogP contribution is -2.36. The second kappa shape index (κ2) is 10.5. The molecule has 0 bridgehead atoms. The highest BCUT2D eigenvalue weighted by Gasteiger charge is 2.15. The molecule has 134 valence electrons. The third kappa shape index (κ3) is 6.95. The van der Waals surface area contributed by atoms with Gasteiger partial charge in [0.25, 0.3) is 0 Å². The zero-order valence-electron chi connectivity index (χ0n) is 14.2. The summed E-state index contributed by atoms with van der Waals surface area (Å²) in [4.78, 5) is 23.8. The van der Waals surface area contributed by atoms with Crippen molar-refractivity contribution in [2.24, 2.45) is 5.73 Å². The summed E-state index contributed by atoms with van der Waals surface area (Å²) >= 11 is 0. The lowest BCUT2D eigenvalue weighted by Gasteiger charge is -2.13. The average molecular weight is 362 g/mol. The first-order valence-electron chi connectivity index (χ1n) is 7.97. The molecule has 1 atom stereocenters. The van der Waals surface area contributed by atoms with E-state index in [2.05, 4.69) is 10.6 Å². The molecule has 4 N–H and O–H groups in total. The minimum Gasteiger partial charge on any atom is -0.354 e. The van der Waals surface area contributed by atoms with Crippen molar-refractivity contribution in [2.45, 2.75) is 25.9 Å². The second-order valence-corrected chi connectivity index (χ2v) is 5.69. The molecule has 6 heteroatoms. The van der Waals surface area contributed by atoms with E-state index >= 15 is 0 Å². The first-order chi connectivity index (χ1) is 11.6. The van der Waals surface area contributed by atoms with E-state index in [0.29, 0.717) is 6.54 Å². The van der Waals surface area contributed by atoms with E-state index in [1.54, 1.807) is 0 Å². The maximum Gasteiger partial charge on any atom is 0.241 e. The zero-order valence-corrected chi connectivity index (χ0v) is 15.0. The first kappa shape index (κ1) is 20.7. The Bertz CT molecular complexity index is 675. The van der Waals surface area contributed by atoms with Crippen LogP contribution in [0.5, 0.6) is 0 Å². The number of nitrogens with one attached hydrogen (secondary N) is 2. The quantitative estimate of drug-likeness (QED) is 0.707. The summed E-state index contributed by atoms with van der Waals surface area (Å²) in [5.41, 5.74) is 8.83. The average Bonchev–Trinajstić information content (AvgIpc) is 2.61. The number of hydrogen-bond acceptors (Lipinski definition) is 3. The minimum absolute atomic E-state index is 0. The van der Waals surface area contributed by atoms with E-state index in [9.17, 15) is 9.59 Å². The van der Waals surface area contributed by atoms with E-state index in [-0.39, 0.29) is 37.2 Å². The van der Waals surface area contributed by atoms with Crippen LogP contribution in [0.1, 0.15) is 29.2 Å². The fourth-order valence-electron chi connectivity index (χ4n) is 2.22. The Balaban J connectivity index is 0.00000312. The first-order valence-corrected chi connectivity index (χ1v) is 7.97. The number of amides is 2. The Morgan fingerprint density at radius 3 is 2.28 bits per heavy atom. The molecular weight excluding hydrogens is 338 g/mol. The van der Waals surface area contributed by atoms with Crippen molar-refractivity contribution < 1.29 is 9.59 Å². The van der Waals surface area contributed by atoms with Gasteiger partial charge in [0.15, 0.2) is 0 Å². The van der Waals surface area contributed by atoms with Gasteiger partial charge in [0.05, 0.1) is 0 Å². The van der Waals surface area contributed by atoms with Crippen LogP contribution in [0.15, 0.2) is 54.6 Å². The van der Waals surface area contributed by atoms with Crippen LogP contribution in [-0.4, -0.2) is 18.4 Å². The molecular formula is C19H24ClN3O2. The van der Waals surface area contributed by atoms with Crippen LogP contribution >= 0.6 is 12.4 Å². The lowest BCUT2D eigenvalue weighted by atomic mass is 10.1. The summed E-state index contributed by atoms with van der Waals surface area (Å²) in [5.74, 6) is -0.391. The summed E-state index contributed by atoms with van der Waals surface area (Å²) in [7, 11) is 0. The smallest absolute Gasteiger partial charge is 0.241 e. The summed E-state index contributed by atoms with van der Waals surface area (Å²) in [6, 6.07) is 16.5. The topological polar surface area (TPSA) is 84.2 Å². The molecule has 0 saturated heterocycles. The number of carbonyl (C=O) groups excluding carboxylic acids is 2. The van der Waals surface area contributed by atoms with Crippen LogP contribution in [-0.2, 0) is 16.1 Å². The molecule has 25 heavy (non-hydrogen) atoms. The lowest BCUT2D eigenvalue weighted by molar-refractivity contribution is -0.123. The number of nitrogens with two attached hydrogens (primary N) is 1. The zero-order chi connectivity index (χ0) is 17.4. The number of aryl methyl sites for hydroxylation is 1. The van der Waals surface area contributed by atoms with E-state index < -0.39 is 6.04 Å². The molecule has 0 aliphatic rings. The molecule has 0 spiro atoms. The number of halogens is 1. The number of rotatable bonds is 7. The molecule has 0 saturated carbocycles.